The lowest BCUT2D eigenvalue weighted by molar-refractivity contribution is -0.385. The van der Waals surface area contributed by atoms with Crippen LogP contribution in [0.5, 0.6) is 0 Å². The maximum Gasteiger partial charge on any atom is 0.274 e. The number of nitro groups is 1. The van der Waals surface area contributed by atoms with Crippen molar-refractivity contribution in [2.24, 2.45) is 0 Å². The highest BCUT2D eigenvalue weighted by atomic mass is 16.6. The molecule has 1 atom stereocenters. The second-order valence-corrected chi connectivity index (χ2v) is 5.67. The molecule has 1 unspecified atom stereocenters. The molecular weight excluding hydrogens is 334 g/mol. The number of anilines is 1. The van der Waals surface area contributed by atoms with Gasteiger partial charge in [-0.25, -0.2) is 0 Å². The van der Waals surface area contributed by atoms with Crippen LogP contribution in [0.1, 0.15) is 18.1 Å². The Morgan fingerprint density at radius 1 is 1.12 bits per heavy atom. The topological polar surface area (TPSA) is 101 Å². The summed E-state index contributed by atoms with van der Waals surface area (Å²) in [7, 11) is 0. The zero-order valence-corrected chi connectivity index (χ0v) is 14.4. The SMILES string of the molecule is Cc1c(NC(=O)C(C)NC(=O)/C=C/c2ccccc2)cccc1[N+](=O)[O-]. The standard InChI is InChI=1S/C19H19N3O4/c1-13-16(9-6-10-17(13)22(25)26)21-19(24)14(2)20-18(23)12-11-15-7-4-3-5-8-15/h3-12,14H,1-2H3,(H,20,23)(H,21,24)/b12-11+. The van der Waals surface area contributed by atoms with Crippen molar-refractivity contribution >= 4 is 29.3 Å². The molecule has 2 aromatic rings. The second-order valence-electron chi connectivity index (χ2n) is 5.67. The molecule has 7 nitrogen and oxygen atoms in total. The molecule has 0 saturated heterocycles. The van der Waals surface area contributed by atoms with Gasteiger partial charge in [0.2, 0.25) is 11.8 Å². The Bertz CT molecular complexity index is 847. The first-order valence-electron chi connectivity index (χ1n) is 7.97. The molecule has 2 amide bonds. The highest BCUT2D eigenvalue weighted by Gasteiger charge is 2.18. The molecule has 0 aromatic heterocycles. The first kappa shape index (κ1) is 18.9. The molecule has 0 spiro atoms. The highest BCUT2D eigenvalue weighted by Crippen LogP contribution is 2.25. The van der Waals surface area contributed by atoms with Crippen LogP contribution in [0.4, 0.5) is 11.4 Å². The molecule has 0 saturated carbocycles. The van der Waals surface area contributed by atoms with Gasteiger partial charge in [-0.1, -0.05) is 36.4 Å². The van der Waals surface area contributed by atoms with Gasteiger partial charge >= 0.3 is 0 Å². The van der Waals surface area contributed by atoms with Crippen LogP contribution in [0.25, 0.3) is 6.08 Å². The predicted octanol–water partition coefficient (Wildman–Crippen LogP) is 3.06. The largest absolute Gasteiger partial charge is 0.341 e. The minimum absolute atomic E-state index is 0.0784. The van der Waals surface area contributed by atoms with Gasteiger partial charge in [0.25, 0.3) is 5.69 Å². The normalized spacial score (nSPS) is 11.8. The molecule has 2 aromatic carbocycles. The lowest BCUT2D eigenvalue weighted by Crippen LogP contribution is -2.41. The Balaban J connectivity index is 1.97. The molecule has 0 fully saturated rings. The number of nitro benzene ring substituents is 1. The van der Waals surface area contributed by atoms with E-state index in [1.807, 2.05) is 30.3 Å². The maximum absolute atomic E-state index is 12.2. The van der Waals surface area contributed by atoms with Gasteiger partial charge in [0.05, 0.1) is 16.2 Å². The van der Waals surface area contributed by atoms with Gasteiger partial charge in [0.1, 0.15) is 6.04 Å². The Labute approximate surface area is 150 Å². The molecule has 7 heteroatoms. The van der Waals surface area contributed by atoms with E-state index in [1.54, 1.807) is 19.1 Å². The number of amides is 2. The maximum atomic E-state index is 12.2. The zero-order chi connectivity index (χ0) is 19.1. The third-order valence-electron chi connectivity index (χ3n) is 3.74. The van der Waals surface area contributed by atoms with E-state index in [0.717, 1.165) is 5.56 Å². The Hall–Kier alpha value is -3.48. The predicted molar refractivity (Wildman–Crippen MR) is 99.5 cm³/mol. The van der Waals surface area contributed by atoms with Crippen molar-refractivity contribution < 1.29 is 14.5 Å². The molecule has 0 radical (unpaired) electrons. The summed E-state index contributed by atoms with van der Waals surface area (Å²) in [6.45, 7) is 3.09. The minimum atomic E-state index is -0.804. The first-order chi connectivity index (χ1) is 12.4. The summed E-state index contributed by atoms with van der Waals surface area (Å²) in [5.74, 6) is -0.873. The summed E-state index contributed by atoms with van der Waals surface area (Å²) in [6.07, 6.45) is 2.99. The smallest absolute Gasteiger partial charge is 0.274 e. The fourth-order valence-electron chi connectivity index (χ4n) is 2.26. The highest BCUT2D eigenvalue weighted by molar-refractivity contribution is 6.00. The molecule has 0 aliphatic carbocycles. The van der Waals surface area contributed by atoms with Crippen LogP contribution < -0.4 is 10.6 Å². The lowest BCUT2D eigenvalue weighted by Gasteiger charge is -2.14. The number of hydrogen-bond donors (Lipinski definition) is 2. The van der Waals surface area contributed by atoms with Crippen LogP contribution in [0.15, 0.2) is 54.6 Å². The summed E-state index contributed by atoms with van der Waals surface area (Å²) in [6, 6.07) is 12.9. The van der Waals surface area contributed by atoms with Gasteiger partial charge in [-0.2, -0.15) is 0 Å². The number of carbonyl (C=O) groups excluding carboxylic acids is 2. The van der Waals surface area contributed by atoms with Gasteiger partial charge in [0, 0.05) is 12.1 Å². The van der Waals surface area contributed by atoms with Crippen LogP contribution in [0, 0.1) is 17.0 Å². The van der Waals surface area contributed by atoms with E-state index in [9.17, 15) is 19.7 Å². The number of hydrogen-bond acceptors (Lipinski definition) is 4. The second kappa shape index (κ2) is 8.57. The fraction of sp³-hybridized carbons (Fsp3) is 0.158. The molecule has 0 aliphatic rings. The lowest BCUT2D eigenvalue weighted by atomic mass is 10.1. The van der Waals surface area contributed by atoms with Gasteiger partial charge in [-0.3, -0.25) is 19.7 Å². The summed E-state index contributed by atoms with van der Waals surface area (Å²) in [5.41, 5.74) is 1.48. The summed E-state index contributed by atoms with van der Waals surface area (Å²) < 4.78 is 0. The van der Waals surface area contributed by atoms with Crippen molar-refractivity contribution in [3.63, 3.8) is 0 Å². The molecule has 0 aliphatic heterocycles. The van der Waals surface area contributed by atoms with Crippen LogP contribution in [0.2, 0.25) is 0 Å². The summed E-state index contributed by atoms with van der Waals surface area (Å²) in [5, 5.41) is 16.1. The van der Waals surface area contributed by atoms with Crippen molar-refractivity contribution in [3.8, 4) is 0 Å². The Morgan fingerprint density at radius 3 is 2.46 bits per heavy atom. The van der Waals surface area contributed by atoms with E-state index in [0.29, 0.717) is 11.3 Å². The molecule has 26 heavy (non-hydrogen) atoms. The van der Waals surface area contributed by atoms with Crippen LogP contribution in [-0.4, -0.2) is 22.8 Å². The fourth-order valence-corrected chi connectivity index (χ4v) is 2.26. The Kier molecular flexibility index (Phi) is 6.21. The third kappa shape index (κ3) is 5.01. The number of nitrogens with one attached hydrogen (secondary N) is 2. The minimum Gasteiger partial charge on any atom is -0.341 e. The van der Waals surface area contributed by atoms with Gasteiger partial charge in [0.15, 0.2) is 0 Å². The van der Waals surface area contributed by atoms with Crippen molar-refractivity contribution in [1.82, 2.24) is 5.32 Å². The van der Waals surface area contributed by atoms with Gasteiger partial charge in [-0.05, 0) is 31.6 Å². The molecular formula is C19H19N3O4. The van der Waals surface area contributed by atoms with Crippen molar-refractivity contribution in [3.05, 3.63) is 75.8 Å². The van der Waals surface area contributed by atoms with E-state index in [1.165, 1.54) is 25.1 Å². The van der Waals surface area contributed by atoms with Crippen molar-refractivity contribution in [2.75, 3.05) is 5.32 Å². The number of nitrogens with zero attached hydrogens (tertiary/aromatic N) is 1. The van der Waals surface area contributed by atoms with Gasteiger partial charge in [-0.15, -0.1) is 0 Å². The molecule has 0 bridgehead atoms. The number of rotatable bonds is 6. The average molecular weight is 353 g/mol. The van der Waals surface area contributed by atoms with Crippen LogP contribution in [-0.2, 0) is 9.59 Å². The van der Waals surface area contributed by atoms with E-state index in [-0.39, 0.29) is 5.69 Å². The first-order valence-corrected chi connectivity index (χ1v) is 7.97. The zero-order valence-electron chi connectivity index (χ0n) is 14.4. The quantitative estimate of drug-likeness (QED) is 0.473. The van der Waals surface area contributed by atoms with E-state index < -0.39 is 22.8 Å². The van der Waals surface area contributed by atoms with Crippen molar-refractivity contribution in [1.29, 1.82) is 0 Å². The number of carbonyl (C=O) groups is 2. The van der Waals surface area contributed by atoms with Crippen molar-refractivity contribution in [2.45, 2.75) is 19.9 Å². The van der Waals surface area contributed by atoms with Gasteiger partial charge < -0.3 is 10.6 Å². The monoisotopic (exact) mass is 353 g/mol. The Morgan fingerprint density at radius 2 is 1.81 bits per heavy atom. The number of benzene rings is 2. The van der Waals surface area contributed by atoms with E-state index >= 15 is 0 Å². The summed E-state index contributed by atoms with van der Waals surface area (Å²) in [4.78, 5) is 34.6. The van der Waals surface area contributed by atoms with E-state index in [2.05, 4.69) is 10.6 Å². The average Bonchev–Trinajstić information content (AvgIpc) is 2.62. The molecule has 134 valence electrons. The van der Waals surface area contributed by atoms with E-state index in [4.69, 9.17) is 0 Å². The third-order valence-corrected chi connectivity index (χ3v) is 3.74. The molecule has 0 heterocycles. The summed E-state index contributed by atoms with van der Waals surface area (Å²) >= 11 is 0. The molecule has 2 N–H and O–H groups in total. The molecule has 2 rings (SSSR count). The van der Waals surface area contributed by atoms with Crippen LogP contribution in [0.3, 0.4) is 0 Å². The van der Waals surface area contributed by atoms with Crippen LogP contribution >= 0.6 is 0 Å².